The highest BCUT2D eigenvalue weighted by Gasteiger charge is 2.22. The van der Waals surface area contributed by atoms with Gasteiger partial charge in [-0.25, -0.2) is 0 Å². The molecule has 1 amide bonds. The molecule has 2 rings (SSSR count). The zero-order chi connectivity index (χ0) is 18.9. The van der Waals surface area contributed by atoms with Gasteiger partial charge in [-0.15, -0.1) is 0 Å². The normalized spacial score (nSPS) is 15.3. The molecule has 1 aromatic carbocycles. The molecule has 1 heterocycles. The van der Waals surface area contributed by atoms with E-state index >= 15 is 0 Å². The van der Waals surface area contributed by atoms with Crippen LogP contribution in [0.5, 0.6) is 0 Å². The predicted molar refractivity (Wildman–Crippen MR) is 99.6 cm³/mol. The summed E-state index contributed by atoms with van der Waals surface area (Å²) in [6, 6.07) is 6.64. The molecule has 2 N–H and O–H groups in total. The van der Waals surface area contributed by atoms with Gasteiger partial charge in [-0.3, -0.25) is 14.9 Å². The Kier molecular flexibility index (Phi) is 7.80. The lowest BCUT2D eigenvalue weighted by Crippen LogP contribution is -3.15. The summed E-state index contributed by atoms with van der Waals surface area (Å²) in [5.41, 5.74) is 1.10. The number of hydrogen-bond acceptors (Lipinski definition) is 5. The SMILES string of the molecule is CC(C)OCCCNC(=O)C[NH+]1CCN(c2ccc([N+](=O)[O-])cc2)CC1. The van der Waals surface area contributed by atoms with Gasteiger partial charge in [-0.2, -0.15) is 0 Å². The van der Waals surface area contributed by atoms with Crippen molar-refractivity contribution in [3.8, 4) is 0 Å². The van der Waals surface area contributed by atoms with Gasteiger partial charge in [0.15, 0.2) is 6.54 Å². The molecule has 0 aliphatic carbocycles. The number of benzene rings is 1. The highest BCUT2D eigenvalue weighted by Crippen LogP contribution is 2.19. The molecule has 1 aliphatic heterocycles. The molecule has 1 fully saturated rings. The fourth-order valence-corrected chi connectivity index (χ4v) is 2.95. The Morgan fingerprint density at radius 2 is 1.96 bits per heavy atom. The van der Waals surface area contributed by atoms with Crippen LogP contribution in [0.4, 0.5) is 11.4 Å². The van der Waals surface area contributed by atoms with E-state index in [1.165, 1.54) is 17.0 Å². The Balaban J connectivity index is 1.66. The van der Waals surface area contributed by atoms with E-state index in [0.29, 0.717) is 19.7 Å². The number of rotatable bonds is 9. The Morgan fingerprint density at radius 1 is 1.31 bits per heavy atom. The number of anilines is 1. The summed E-state index contributed by atoms with van der Waals surface area (Å²) in [6.07, 6.45) is 1.05. The van der Waals surface area contributed by atoms with Gasteiger partial charge in [0.2, 0.25) is 0 Å². The van der Waals surface area contributed by atoms with Crippen molar-refractivity contribution >= 4 is 17.3 Å². The molecule has 0 saturated carbocycles. The molecule has 1 aromatic rings. The fourth-order valence-electron chi connectivity index (χ4n) is 2.95. The van der Waals surface area contributed by atoms with E-state index in [9.17, 15) is 14.9 Å². The van der Waals surface area contributed by atoms with Crippen molar-refractivity contribution in [3.05, 3.63) is 34.4 Å². The van der Waals surface area contributed by atoms with Gasteiger partial charge in [0.25, 0.3) is 11.6 Å². The molecule has 0 spiro atoms. The minimum absolute atomic E-state index is 0.0772. The quantitative estimate of drug-likeness (QED) is 0.372. The number of carbonyl (C=O) groups is 1. The zero-order valence-electron chi connectivity index (χ0n) is 15.6. The van der Waals surface area contributed by atoms with Crippen LogP contribution in [0.15, 0.2) is 24.3 Å². The van der Waals surface area contributed by atoms with Gasteiger partial charge in [0, 0.05) is 31.0 Å². The molecular formula is C18H29N4O4+. The van der Waals surface area contributed by atoms with Crippen LogP contribution in [0, 0.1) is 10.1 Å². The molecule has 0 bridgehead atoms. The second-order valence-electron chi connectivity index (χ2n) is 6.81. The lowest BCUT2D eigenvalue weighted by Gasteiger charge is -2.33. The van der Waals surface area contributed by atoms with Gasteiger partial charge in [0.1, 0.15) is 0 Å². The second kappa shape index (κ2) is 10.1. The van der Waals surface area contributed by atoms with Crippen molar-refractivity contribution in [2.75, 3.05) is 50.8 Å². The maximum absolute atomic E-state index is 12.0. The van der Waals surface area contributed by atoms with Crippen LogP contribution in [0.2, 0.25) is 0 Å². The minimum atomic E-state index is -0.389. The fraction of sp³-hybridized carbons (Fsp3) is 0.611. The van der Waals surface area contributed by atoms with Gasteiger partial charge in [0.05, 0.1) is 37.2 Å². The largest absolute Gasteiger partial charge is 0.379 e. The van der Waals surface area contributed by atoms with Crippen molar-refractivity contribution in [3.63, 3.8) is 0 Å². The molecule has 8 nitrogen and oxygen atoms in total. The molecule has 8 heteroatoms. The Labute approximate surface area is 154 Å². The lowest BCUT2D eigenvalue weighted by molar-refractivity contribution is -0.892. The topological polar surface area (TPSA) is 89.2 Å². The standard InChI is InChI=1S/C18H28N4O4/c1-15(2)26-13-3-8-19-18(23)14-20-9-11-21(12-10-20)16-4-6-17(7-5-16)22(24)25/h4-7,15H,3,8-14H2,1-2H3,(H,19,23)/p+1. The number of nitro groups is 1. The van der Waals surface area contributed by atoms with E-state index in [4.69, 9.17) is 4.74 Å². The van der Waals surface area contributed by atoms with Gasteiger partial charge < -0.3 is 19.9 Å². The monoisotopic (exact) mass is 365 g/mol. The Morgan fingerprint density at radius 3 is 2.54 bits per heavy atom. The van der Waals surface area contributed by atoms with E-state index in [1.54, 1.807) is 12.1 Å². The van der Waals surface area contributed by atoms with Crippen molar-refractivity contribution < 1.29 is 19.4 Å². The Hall–Kier alpha value is -2.19. The van der Waals surface area contributed by atoms with Crippen molar-refractivity contribution in [2.45, 2.75) is 26.4 Å². The molecule has 0 radical (unpaired) electrons. The number of nitrogens with one attached hydrogen (secondary N) is 2. The third kappa shape index (κ3) is 6.61. The molecule has 0 atom stereocenters. The van der Waals surface area contributed by atoms with E-state index in [2.05, 4.69) is 10.2 Å². The number of nitro benzene ring substituents is 1. The van der Waals surface area contributed by atoms with E-state index in [-0.39, 0.29) is 22.6 Å². The molecule has 0 aromatic heterocycles. The van der Waals surface area contributed by atoms with E-state index in [1.807, 2.05) is 13.8 Å². The zero-order valence-corrected chi connectivity index (χ0v) is 15.6. The highest BCUT2D eigenvalue weighted by atomic mass is 16.6. The third-order valence-electron chi connectivity index (χ3n) is 4.40. The van der Waals surface area contributed by atoms with Crippen LogP contribution >= 0.6 is 0 Å². The second-order valence-corrected chi connectivity index (χ2v) is 6.81. The summed E-state index contributed by atoms with van der Waals surface area (Å²) in [7, 11) is 0. The van der Waals surface area contributed by atoms with Gasteiger partial charge in [-0.05, 0) is 32.4 Å². The summed E-state index contributed by atoms with van der Waals surface area (Å²) in [4.78, 5) is 25.8. The lowest BCUT2D eigenvalue weighted by atomic mass is 10.2. The summed E-state index contributed by atoms with van der Waals surface area (Å²) in [5.74, 6) is 0.0772. The number of carbonyl (C=O) groups excluding carboxylic acids is 1. The third-order valence-corrected chi connectivity index (χ3v) is 4.40. The first-order valence-corrected chi connectivity index (χ1v) is 9.17. The number of amides is 1. The first-order chi connectivity index (χ1) is 12.5. The average Bonchev–Trinajstić information content (AvgIpc) is 2.62. The van der Waals surface area contributed by atoms with Crippen LogP contribution in [-0.2, 0) is 9.53 Å². The summed E-state index contributed by atoms with van der Waals surface area (Å²) in [5, 5.41) is 13.7. The molecule has 1 aliphatic rings. The van der Waals surface area contributed by atoms with Crippen molar-refractivity contribution in [2.24, 2.45) is 0 Å². The first kappa shape index (κ1) is 20.1. The van der Waals surface area contributed by atoms with Crippen LogP contribution < -0.4 is 15.1 Å². The summed E-state index contributed by atoms with van der Waals surface area (Å²) in [6.45, 7) is 9.22. The van der Waals surface area contributed by atoms with Crippen LogP contribution in [-0.4, -0.2) is 62.8 Å². The minimum Gasteiger partial charge on any atom is -0.379 e. The van der Waals surface area contributed by atoms with Crippen molar-refractivity contribution in [1.82, 2.24) is 5.32 Å². The van der Waals surface area contributed by atoms with Gasteiger partial charge >= 0.3 is 0 Å². The number of hydrogen-bond donors (Lipinski definition) is 2. The number of piperazine rings is 1. The number of nitrogens with zero attached hydrogens (tertiary/aromatic N) is 2. The molecule has 0 unspecified atom stereocenters. The van der Waals surface area contributed by atoms with Crippen molar-refractivity contribution in [1.29, 1.82) is 0 Å². The maximum atomic E-state index is 12.0. The first-order valence-electron chi connectivity index (χ1n) is 9.17. The smallest absolute Gasteiger partial charge is 0.275 e. The van der Waals surface area contributed by atoms with Crippen LogP contribution in [0.25, 0.3) is 0 Å². The number of quaternary nitrogens is 1. The summed E-state index contributed by atoms with van der Waals surface area (Å²) >= 11 is 0. The summed E-state index contributed by atoms with van der Waals surface area (Å²) < 4.78 is 5.45. The molecule has 26 heavy (non-hydrogen) atoms. The molecular weight excluding hydrogens is 336 g/mol. The van der Waals surface area contributed by atoms with Crippen LogP contribution in [0.3, 0.4) is 0 Å². The average molecular weight is 365 g/mol. The molecule has 144 valence electrons. The number of non-ortho nitro benzene ring substituents is 1. The highest BCUT2D eigenvalue weighted by molar-refractivity contribution is 5.76. The van der Waals surface area contributed by atoms with E-state index < -0.39 is 0 Å². The number of ether oxygens (including phenoxy) is 1. The van der Waals surface area contributed by atoms with E-state index in [0.717, 1.165) is 38.3 Å². The molecule has 1 saturated heterocycles. The predicted octanol–water partition coefficient (Wildman–Crippen LogP) is 0.231. The Bertz CT molecular complexity index is 583. The van der Waals surface area contributed by atoms with Crippen LogP contribution in [0.1, 0.15) is 20.3 Å². The van der Waals surface area contributed by atoms with Gasteiger partial charge in [-0.1, -0.05) is 0 Å². The maximum Gasteiger partial charge on any atom is 0.275 e.